The third-order valence-electron chi connectivity index (χ3n) is 2.68. The summed E-state index contributed by atoms with van der Waals surface area (Å²) in [6, 6.07) is 3.70. The van der Waals surface area contributed by atoms with Crippen molar-refractivity contribution in [2.75, 3.05) is 12.4 Å². The molecule has 18 heavy (non-hydrogen) atoms. The summed E-state index contributed by atoms with van der Waals surface area (Å²) in [6.07, 6.45) is 3.07. The van der Waals surface area contributed by atoms with E-state index in [0.29, 0.717) is 13.0 Å². The van der Waals surface area contributed by atoms with Gasteiger partial charge in [-0.3, -0.25) is 4.98 Å². The number of hydrogen-bond acceptors (Lipinski definition) is 4. The number of nitrogens with zero attached hydrogens (tertiary/aromatic N) is 1. The first-order valence-electron chi connectivity index (χ1n) is 5.85. The fourth-order valence-corrected chi connectivity index (χ4v) is 2.43. The van der Waals surface area contributed by atoms with Gasteiger partial charge in [0.05, 0.1) is 18.1 Å². The van der Waals surface area contributed by atoms with E-state index in [1.165, 1.54) is 0 Å². The normalized spacial score (nSPS) is 13.3. The second-order valence-corrected chi connectivity index (χ2v) is 7.26. The minimum atomic E-state index is -3.38. The standard InChI is InChI=1S/C12H18ClNO3S/c1-10(6-9-18(13,15)16)5-8-17-12-4-3-7-14-11(12)2/h3-4,7,10H,5-6,8-9H2,1-2H3. The number of aryl methyl sites for hydroxylation is 1. The first-order chi connectivity index (χ1) is 8.38. The van der Waals surface area contributed by atoms with Gasteiger partial charge in [0, 0.05) is 16.9 Å². The monoisotopic (exact) mass is 291 g/mol. The second-order valence-electron chi connectivity index (χ2n) is 4.36. The maximum absolute atomic E-state index is 10.8. The predicted octanol–water partition coefficient (Wildman–Crippen LogP) is 2.75. The van der Waals surface area contributed by atoms with Crippen molar-refractivity contribution in [3.05, 3.63) is 24.0 Å². The van der Waals surface area contributed by atoms with Gasteiger partial charge in [-0.25, -0.2) is 8.42 Å². The van der Waals surface area contributed by atoms with E-state index in [4.69, 9.17) is 15.4 Å². The number of rotatable bonds is 7. The van der Waals surface area contributed by atoms with E-state index in [1.807, 2.05) is 26.0 Å². The lowest BCUT2D eigenvalue weighted by atomic mass is 10.1. The van der Waals surface area contributed by atoms with Crippen LogP contribution in [0.3, 0.4) is 0 Å². The summed E-state index contributed by atoms with van der Waals surface area (Å²) in [5, 5.41) is 0. The molecule has 0 radical (unpaired) electrons. The summed E-state index contributed by atoms with van der Waals surface area (Å²) in [7, 11) is 1.78. The van der Waals surface area contributed by atoms with Crippen LogP contribution in [-0.4, -0.2) is 25.8 Å². The fraction of sp³-hybridized carbons (Fsp3) is 0.583. The molecule has 0 aliphatic rings. The van der Waals surface area contributed by atoms with Crippen molar-refractivity contribution in [2.45, 2.75) is 26.7 Å². The van der Waals surface area contributed by atoms with Crippen LogP contribution in [0.15, 0.2) is 18.3 Å². The lowest BCUT2D eigenvalue weighted by Gasteiger charge is -2.12. The summed E-state index contributed by atoms with van der Waals surface area (Å²) < 4.78 is 27.2. The van der Waals surface area contributed by atoms with Crippen molar-refractivity contribution in [1.29, 1.82) is 0 Å². The number of ether oxygens (including phenoxy) is 1. The maximum atomic E-state index is 10.8. The Morgan fingerprint density at radius 1 is 1.44 bits per heavy atom. The van der Waals surface area contributed by atoms with E-state index in [9.17, 15) is 8.42 Å². The molecule has 0 amide bonds. The van der Waals surface area contributed by atoms with Crippen molar-refractivity contribution in [3.63, 3.8) is 0 Å². The summed E-state index contributed by atoms with van der Waals surface area (Å²) in [4.78, 5) is 4.12. The molecule has 4 nitrogen and oxygen atoms in total. The number of pyridine rings is 1. The quantitative estimate of drug-likeness (QED) is 0.725. The average Bonchev–Trinajstić information content (AvgIpc) is 2.28. The van der Waals surface area contributed by atoms with Gasteiger partial charge in [0.15, 0.2) is 0 Å². The molecule has 0 aliphatic heterocycles. The predicted molar refractivity (Wildman–Crippen MR) is 72.5 cm³/mol. The van der Waals surface area contributed by atoms with E-state index >= 15 is 0 Å². The molecule has 6 heteroatoms. The Labute approximate surface area is 113 Å². The van der Waals surface area contributed by atoms with Gasteiger partial charge in [-0.1, -0.05) is 6.92 Å². The second kappa shape index (κ2) is 6.95. The van der Waals surface area contributed by atoms with Crippen LogP contribution in [0.5, 0.6) is 5.75 Å². The van der Waals surface area contributed by atoms with Gasteiger partial charge in [0.2, 0.25) is 9.05 Å². The van der Waals surface area contributed by atoms with Crippen LogP contribution >= 0.6 is 10.7 Å². The van der Waals surface area contributed by atoms with Crippen molar-refractivity contribution < 1.29 is 13.2 Å². The first-order valence-corrected chi connectivity index (χ1v) is 8.33. The Balaban J connectivity index is 2.28. The zero-order chi connectivity index (χ0) is 13.6. The van der Waals surface area contributed by atoms with Gasteiger partial charge in [-0.2, -0.15) is 0 Å². The van der Waals surface area contributed by atoms with Crippen molar-refractivity contribution >= 4 is 19.7 Å². The van der Waals surface area contributed by atoms with Crippen LogP contribution in [0, 0.1) is 12.8 Å². The third kappa shape index (κ3) is 6.21. The van der Waals surface area contributed by atoms with Crippen LogP contribution in [0.4, 0.5) is 0 Å². The highest BCUT2D eigenvalue weighted by atomic mass is 35.7. The van der Waals surface area contributed by atoms with Crippen LogP contribution in [-0.2, 0) is 9.05 Å². The Hall–Kier alpha value is -0.810. The van der Waals surface area contributed by atoms with Crippen molar-refractivity contribution in [1.82, 2.24) is 4.98 Å². The highest BCUT2D eigenvalue weighted by Gasteiger charge is 2.10. The number of hydrogen-bond donors (Lipinski definition) is 0. The summed E-state index contributed by atoms with van der Waals surface area (Å²) in [6.45, 7) is 4.43. The molecular formula is C12H18ClNO3S. The van der Waals surface area contributed by atoms with Gasteiger partial charge in [-0.15, -0.1) is 0 Å². The highest BCUT2D eigenvalue weighted by molar-refractivity contribution is 8.13. The molecule has 1 unspecified atom stereocenters. The van der Waals surface area contributed by atoms with Gasteiger partial charge in [-0.05, 0) is 37.8 Å². The molecule has 0 N–H and O–H groups in total. The Bertz CT molecular complexity index is 476. The summed E-state index contributed by atoms with van der Waals surface area (Å²) in [5.41, 5.74) is 0.855. The largest absolute Gasteiger partial charge is 0.492 e. The lowest BCUT2D eigenvalue weighted by molar-refractivity contribution is 0.279. The molecule has 0 saturated heterocycles. The fourth-order valence-electron chi connectivity index (χ4n) is 1.48. The molecule has 0 aromatic carbocycles. The van der Waals surface area contributed by atoms with E-state index < -0.39 is 9.05 Å². The molecule has 102 valence electrons. The van der Waals surface area contributed by atoms with Crippen LogP contribution in [0.1, 0.15) is 25.5 Å². The Kier molecular flexibility index (Phi) is 5.88. The molecular weight excluding hydrogens is 274 g/mol. The smallest absolute Gasteiger partial charge is 0.232 e. The molecule has 1 aromatic rings. The average molecular weight is 292 g/mol. The van der Waals surface area contributed by atoms with Crippen LogP contribution in [0.25, 0.3) is 0 Å². The molecule has 1 aromatic heterocycles. The highest BCUT2D eigenvalue weighted by Crippen LogP contribution is 2.16. The summed E-state index contributed by atoms with van der Waals surface area (Å²) in [5.74, 6) is 1.05. The Morgan fingerprint density at radius 2 is 2.17 bits per heavy atom. The molecule has 0 aliphatic carbocycles. The van der Waals surface area contributed by atoms with Crippen LogP contribution in [0.2, 0.25) is 0 Å². The van der Waals surface area contributed by atoms with E-state index in [2.05, 4.69) is 4.98 Å². The minimum absolute atomic E-state index is 0.0155. The first kappa shape index (κ1) is 15.2. The minimum Gasteiger partial charge on any atom is -0.492 e. The van der Waals surface area contributed by atoms with Gasteiger partial charge >= 0.3 is 0 Å². The van der Waals surface area contributed by atoms with Gasteiger partial charge < -0.3 is 4.74 Å². The van der Waals surface area contributed by atoms with Gasteiger partial charge in [0.25, 0.3) is 0 Å². The van der Waals surface area contributed by atoms with E-state index in [-0.39, 0.29) is 11.7 Å². The third-order valence-corrected chi connectivity index (χ3v) is 3.87. The summed E-state index contributed by atoms with van der Waals surface area (Å²) >= 11 is 0. The lowest BCUT2D eigenvalue weighted by Crippen LogP contribution is -2.09. The zero-order valence-electron chi connectivity index (χ0n) is 10.6. The molecule has 1 rings (SSSR count). The Morgan fingerprint density at radius 3 is 2.78 bits per heavy atom. The van der Waals surface area contributed by atoms with Crippen LogP contribution < -0.4 is 4.74 Å². The molecule has 0 bridgehead atoms. The number of halogens is 1. The van der Waals surface area contributed by atoms with Gasteiger partial charge in [0.1, 0.15) is 5.75 Å². The molecule has 0 fully saturated rings. The van der Waals surface area contributed by atoms with E-state index in [1.54, 1.807) is 6.20 Å². The number of aromatic nitrogens is 1. The van der Waals surface area contributed by atoms with E-state index in [0.717, 1.165) is 17.9 Å². The van der Waals surface area contributed by atoms with Crippen molar-refractivity contribution in [2.24, 2.45) is 5.92 Å². The molecule has 0 saturated carbocycles. The maximum Gasteiger partial charge on any atom is 0.232 e. The molecule has 1 heterocycles. The topological polar surface area (TPSA) is 56.3 Å². The molecule has 1 atom stereocenters. The zero-order valence-corrected chi connectivity index (χ0v) is 12.2. The SMILES string of the molecule is Cc1ncccc1OCCC(C)CCS(=O)(=O)Cl. The molecule has 0 spiro atoms. The van der Waals surface area contributed by atoms with Crippen molar-refractivity contribution in [3.8, 4) is 5.75 Å².